The Kier molecular flexibility index (Phi) is 8.27. The fourth-order valence-corrected chi connectivity index (χ4v) is 4.85. The minimum absolute atomic E-state index is 0.0945. The highest BCUT2D eigenvalue weighted by atomic mass is 32.2. The maximum Gasteiger partial charge on any atom is 0.234 e. The number of hydrogen-bond acceptors (Lipinski definition) is 6. The Balaban J connectivity index is 1.28. The SMILES string of the molecule is CCn1c(CSc2ccc(C)cc2)nnc1SCC(=O)Nc1ccc(Oc2ccccc2)cc1. The summed E-state index contributed by atoms with van der Waals surface area (Å²) in [5.41, 5.74) is 1.97. The first-order valence-corrected chi connectivity index (χ1v) is 12.9. The van der Waals surface area contributed by atoms with Gasteiger partial charge in [0.05, 0.1) is 11.5 Å². The summed E-state index contributed by atoms with van der Waals surface area (Å²) in [5.74, 6) is 3.28. The van der Waals surface area contributed by atoms with Gasteiger partial charge in [-0.2, -0.15) is 0 Å². The van der Waals surface area contributed by atoms with Crippen LogP contribution in [0.15, 0.2) is 88.9 Å². The molecule has 1 aromatic heterocycles. The third-order valence-electron chi connectivity index (χ3n) is 4.95. The van der Waals surface area contributed by atoms with E-state index < -0.39 is 0 Å². The summed E-state index contributed by atoms with van der Waals surface area (Å²) in [7, 11) is 0. The third kappa shape index (κ3) is 6.65. The van der Waals surface area contributed by atoms with Crippen LogP contribution in [0.25, 0.3) is 0 Å². The molecule has 0 unspecified atom stereocenters. The van der Waals surface area contributed by atoms with Gasteiger partial charge in [-0.1, -0.05) is 47.7 Å². The van der Waals surface area contributed by atoms with Crippen LogP contribution in [0.4, 0.5) is 5.69 Å². The Morgan fingerprint density at radius 3 is 2.32 bits per heavy atom. The summed E-state index contributed by atoms with van der Waals surface area (Å²) in [6.45, 7) is 4.90. The number of hydrogen-bond donors (Lipinski definition) is 1. The first-order valence-electron chi connectivity index (χ1n) is 11.0. The highest BCUT2D eigenvalue weighted by Gasteiger charge is 2.14. The van der Waals surface area contributed by atoms with Crippen molar-refractivity contribution in [2.75, 3.05) is 11.1 Å². The van der Waals surface area contributed by atoms with E-state index in [1.807, 2.05) is 54.6 Å². The van der Waals surface area contributed by atoms with E-state index in [1.165, 1.54) is 22.2 Å². The van der Waals surface area contributed by atoms with Gasteiger partial charge in [0.25, 0.3) is 0 Å². The number of aromatic nitrogens is 3. The molecule has 0 saturated heterocycles. The van der Waals surface area contributed by atoms with Crippen LogP contribution in [0.1, 0.15) is 18.3 Å². The van der Waals surface area contributed by atoms with Crippen LogP contribution in [0.2, 0.25) is 0 Å². The number of aryl methyl sites for hydroxylation is 1. The molecule has 1 heterocycles. The first-order chi connectivity index (χ1) is 16.6. The summed E-state index contributed by atoms with van der Waals surface area (Å²) in [6.07, 6.45) is 0. The van der Waals surface area contributed by atoms with Gasteiger partial charge in [0.2, 0.25) is 5.91 Å². The number of para-hydroxylation sites is 1. The van der Waals surface area contributed by atoms with Crippen LogP contribution in [0, 0.1) is 6.92 Å². The van der Waals surface area contributed by atoms with E-state index in [9.17, 15) is 4.79 Å². The van der Waals surface area contributed by atoms with Crippen LogP contribution in [-0.4, -0.2) is 26.4 Å². The number of carbonyl (C=O) groups excluding carboxylic acids is 1. The van der Waals surface area contributed by atoms with Gasteiger partial charge in [-0.15, -0.1) is 22.0 Å². The monoisotopic (exact) mass is 490 g/mol. The molecule has 0 aliphatic carbocycles. The van der Waals surface area contributed by atoms with E-state index in [0.717, 1.165) is 34.7 Å². The van der Waals surface area contributed by atoms with Crippen molar-refractivity contribution in [1.82, 2.24) is 14.8 Å². The summed E-state index contributed by atoms with van der Waals surface area (Å²) in [4.78, 5) is 13.7. The highest BCUT2D eigenvalue weighted by Crippen LogP contribution is 2.26. The van der Waals surface area contributed by atoms with Crippen molar-refractivity contribution in [1.29, 1.82) is 0 Å². The number of benzene rings is 3. The van der Waals surface area contributed by atoms with Crippen molar-refractivity contribution >= 4 is 35.1 Å². The minimum atomic E-state index is -0.0945. The van der Waals surface area contributed by atoms with Gasteiger partial charge >= 0.3 is 0 Å². The molecule has 4 aromatic rings. The molecule has 0 radical (unpaired) electrons. The molecule has 0 aliphatic rings. The third-order valence-corrected chi connectivity index (χ3v) is 6.92. The second-order valence-electron chi connectivity index (χ2n) is 7.52. The standard InChI is InChI=1S/C26H26N4O2S2/c1-3-30-24(17-33-23-15-9-19(2)10-16-23)28-29-26(30)34-18-25(31)27-20-11-13-22(14-12-20)32-21-7-5-4-6-8-21/h4-16H,3,17-18H2,1-2H3,(H,27,31). The molecular formula is C26H26N4O2S2. The Morgan fingerprint density at radius 1 is 0.912 bits per heavy atom. The number of amides is 1. The molecule has 0 aliphatic heterocycles. The maximum atomic E-state index is 12.5. The molecule has 8 heteroatoms. The smallest absolute Gasteiger partial charge is 0.234 e. The van der Waals surface area contributed by atoms with Gasteiger partial charge in [0.1, 0.15) is 17.3 Å². The zero-order chi connectivity index (χ0) is 23.8. The van der Waals surface area contributed by atoms with Crippen LogP contribution < -0.4 is 10.1 Å². The number of carbonyl (C=O) groups is 1. The first kappa shape index (κ1) is 23.9. The maximum absolute atomic E-state index is 12.5. The molecule has 3 aromatic carbocycles. The van der Waals surface area contributed by atoms with E-state index in [4.69, 9.17) is 4.74 Å². The predicted molar refractivity (Wildman–Crippen MR) is 139 cm³/mol. The molecule has 0 spiro atoms. The number of anilines is 1. The Labute approximate surface area is 208 Å². The molecule has 0 saturated carbocycles. The lowest BCUT2D eigenvalue weighted by molar-refractivity contribution is -0.113. The summed E-state index contributed by atoms with van der Waals surface area (Å²) in [6, 6.07) is 25.4. The topological polar surface area (TPSA) is 69.0 Å². The van der Waals surface area contributed by atoms with E-state index in [1.54, 1.807) is 11.8 Å². The van der Waals surface area contributed by atoms with Crippen molar-refractivity contribution in [3.05, 3.63) is 90.3 Å². The summed E-state index contributed by atoms with van der Waals surface area (Å²) >= 11 is 3.12. The van der Waals surface area contributed by atoms with E-state index in [-0.39, 0.29) is 11.7 Å². The molecular weight excluding hydrogens is 464 g/mol. The normalized spacial score (nSPS) is 10.8. The molecule has 174 valence electrons. The number of nitrogens with zero attached hydrogens (tertiary/aromatic N) is 3. The average Bonchev–Trinajstić information content (AvgIpc) is 3.26. The highest BCUT2D eigenvalue weighted by molar-refractivity contribution is 7.99. The second kappa shape index (κ2) is 11.8. The van der Waals surface area contributed by atoms with Gasteiger partial charge < -0.3 is 14.6 Å². The molecule has 34 heavy (non-hydrogen) atoms. The molecule has 0 bridgehead atoms. The molecule has 0 fully saturated rings. The largest absolute Gasteiger partial charge is 0.457 e. The van der Waals surface area contributed by atoms with Crippen LogP contribution in [0.5, 0.6) is 11.5 Å². The van der Waals surface area contributed by atoms with Crippen LogP contribution in [0.3, 0.4) is 0 Å². The number of thioether (sulfide) groups is 2. The summed E-state index contributed by atoms with van der Waals surface area (Å²) < 4.78 is 7.85. The zero-order valence-corrected chi connectivity index (χ0v) is 20.7. The Morgan fingerprint density at radius 2 is 1.62 bits per heavy atom. The lowest BCUT2D eigenvalue weighted by Gasteiger charge is -2.09. The quantitative estimate of drug-likeness (QED) is 0.259. The number of nitrogens with one attached hydrogen (secondary N) is 1. The molecule has 1 N–H and O–H groups in total. The minimum Gasteiger partial charge on any atom is -0.457 e. The van der Waals surface area contributed by atoms with E-state index in [0.29, 0.717) is 5.75 Å². The van der Waals surface area contributed by atoms with Gasteiger partial charge in [-0.25, -0.2) is 0 Å². The molecule has 6 nitrogen and oxygen atoms in total. The second-order valence-corrected chi connectivity index (χ2v) is 9.51. The predicted octanol–water partition coefficient (Wildman–Crippen LogP) is 6.42. The lowest BCUT2D eigenvalue weighted by Crippen LogP contribution is -2.14. The average molecular weight is 491 g/mol. The lowest BCUT2D eigenvalue weighted by atomic mass is 10.2. The molecule has 1 amide bonds. The van der Waals surface area contributed by atoms with Gasteiger partial charge in [0, 0.05) is 17.1 Å². The number of ether oxygens (including phenoxy) is 1. The van der Waals surface area contributed by atoms with E-state index >= 15 is 0 Å². The van der Waals surface area contributed by atoms with Crippen LogP contribution >= 0.6 is 23.5 Å². The molecule has 0 atom stereocenters. The van der Waals surface area contributed by atoms with Crippen molar-refractivity contribution < 1.29 is 9.53 Å². The molecule has 4 rings (SSSR count). The van der Waals surface area contributed by atoms with Crippen molar-refractivity contribution in [3.63, 3.8) is 0 Å². The fourth-order valence-electron chi connectivity index (χ4n) is 3.19. The fraction of sp³-hybridized carbons (Fsp3) is 0.192. The van der Waals surface area contributed by atoms with Crippen molar-refractivity contribution in [3.8, 4) is 11.5 Å². The Bertz CT molecular complexity index is 1210. The number of rotatable bonds is 10. The van der Waals surface area contributed by atoms with Crippen LogP contribution in [-0.2, 0) is 17.1 Å². The van der Waals surface area contributed by atoms with Gasteiger partial charge in [-0.3, -0.25) is 4.79 Å². The van der Waals surface area contributed by atoms with Gasteiger partial charge in [-0.05, 0) is 62.4 Å². The van der Waals surface area contributed by atoms with Crippen molar-refractivity contribution in [2.45, 2.75) is 36.2 Å². The zero-order valence-electron chi connectivity index (χ0n) is 19.1. The van der Waals surface area contributed by atoms with E-state index in [2.05, 4.69) is 58.2 Å². The van der Waals surface area contributed by atoms with Crippen molar-refractivity contribution in [2.24, 2.45) is 0 Å². The van der Waals surface area contributed by atoms with Gasteiger partial charge in [0.15, 0.2) is 5.16 Å². The Hall–Kier alpha value is -3.23. The summed E-state index contributed by atoms with van der Waals surface area (Å²) in [5, 5.41) is 12.3.